The highest BCUT2D eigenvalue weighted by molar-refractivity contribution is 8.15. The van der Waals surface area contributed by atoms with E-state index < -0.39 is 18.1 Å². The molecule has 3 aromatic carbocycles. The highest BCUT2D eigenvalue weighted by Crippen LogP contribution is 2.34. The molecular weight excluding hydrogens is 581 g/mol. The van der Waals surface area contributed by atoms with Crippen molar-refractivity contribution in [3.63, 3.8) is 0 Å². The number of Topliss-reactive ketones (excluding diaryl/α,β-unsaturated/α-hetero) is 1. The number of aryl methyl sites for hydroxylation is 1. The molecule has 4 rings (SSSR count). The maximum absolute atomic E-state index is 12.7. The first-order chi connectivity index (χ1) is 20.4. The average molecular weight is 613 g/mol. The highest BCUT2D eigenvalue weighted by Gasteiger charge is 2.33. The molecule has 0 unspecified atom stereocenters. The van der Waals surface area contributed by atoms with E-state index in [0.717, 1.165) is 34.5 Å². The molecule has 0 saturated carbocycles. The van der Waals surface area contributed by atoms with E-state index in [1.165, 1.54) is 28.8 Å². The Hall–Kier alpha value is -4.32. The number of halogens is 3. The number of rotatable bonds is 10. The van der Waals surface area contributed by atoms with E-state index in [1.54, 1.807) is 12.1 Å². The molecule has 1 heterocycles. The Kier molecular flexibility index (Phi) is 10.1. The molecule has 0 radical (unpaired) electrons. The van der Waals surface area contributed by atoms with Gasteiger partial charge in [0, 0.05) is 17.8 Å². The Morgan fingerprint density at radius 3 is 2.40 bits per heavy atom. The minimum atomic E-state index is -4.79. The molecule has 3 amide bonds. The molecule has 0 aliphatic carbocycles. The molecule has 0 aromatic heterocycles. The van der Waals surface area contributed by atoms with Crippen LogP contribution in [0.25, 0.3) is 0 Å². The van der Waals surface area contributed by atoms with Gasteiger partial charge in [-0.2, -0.15) is 4.99 Å². The molecule has 43 heavy (non-hydrogen) atoms. The number of carbonyl (C=O) groups is 3. The third-order valence-electron chi connectivity index (χ3n) is 6.52. The number of nitrogens with zero attached hydrogens (tertiary/aromatic N) is 2. The van der Waals surface area contributed by atoms with Gasteiger partial charge in [-0.3, -0.25) is 14.5 Å². The Bertz CT molecular complexity index is 1510. The van der Waals surface area contributed by atoms with Gasteiger partial charge in [0.2, 0.25) is 5.91 Å². The molecular formula is C31H31F3N4O4S. The Labute approximate surface area is 251 Å². The molecule has 1 aliphatic rings. The van der Waals surface area contributed by atoms with Crippen molar-refractivity contribution in [1.82, 2.24) is 5.32 Å². The summed E-state index contributed by atoms with van der Waals surface area (Å²) in [5.74, 6) is -0.405. The minimum Gasteiger partial charge on any atom is -0.406 e. The normalized spacial score (nSPS) is 14.3. The first kappa shape index (κ1) is 31.6. The summed E-state index contributed by atoms with van der Waals surface area (Å²) in [6, 6.07) is 17.4. The van der Waals surface area contributed by atoms with Gasteiger partial charge in [-0.05, 0) is 78.4 Å². The predicted octanol–water partition coefficient (Wildman–Crippen LogP) is 6.70. The smallest absolute Gasteiger partial charge is 0.406 e. The van der Waals surface area contributed by atoms with Crippen molar-refractivity contribution in [2.24, 2.45) is 4.99 Å². The summed E-state index contributed by atoms with van der Waals surface area (Å²) in [6.45, 7) is 6.34. The van der Waals surface area contributed by atoms with E-state index in [4.69, 9.17) is 0 Å². The number of anilines is 2. The standard InChI is InChI=1S/C31H31F3N4O4S/c1-19(2)25-13-4-20(3)16-26(25)38-28(40)18-43-30(38)37-29(41)35-15-14-21-5-9-23(10-6-21)36-17-27(39)22-7-11-24(12-8-22)42-31(32,33)34/h4-13,16,19,36H,14-15,17-18H2,1-3H3,(H,35,41). The molecule has 3 aromatic rings. The second-order valence-corrected chi connectivity index (χ2v) is 11.1. The number of nitrogens with one attached hydrogen (secondary N) is 2. The topological polar surface area (TPSA) is 100 Å². The molecule has 1 fully saturated rings. The average Bonchev–Trinajstić information content (AvgIpc) is 3.30. The van der Waals surface area contributed by atoms with E-state index in [2.05, 4.69) is 34.2 Å². The van der Waals surface area contributed by atoms with Crippen LogP contribution in [0.4, 0.5) is 29.3 Å². The van der Waals surface area contributed by atoms with E-state index in [-0.39, 0.29) is 35.5 Å². The number of carbonyl (C=O) groups excluding carboxylic acids is 3. The summed E-state index contributed by atoms with van der Waals surface area (Å²) in [4.78, 5) is 43.4. The number of thioether (sulfide) groups is 1. The fraction of sp³-hybridized carbons (Fsp3) is 0.290. The highest BCUT2D eigenvalue weighted by atomic mass is 32.2. The molecule has 1 aliphatic heterocycles. The molecule has 12 heteroatoms. The number of hydrogen-bond donors (Lipinski definition) is 2. The summed E-state index contributed by atoms with van der Waals surface area (Å²) >= 11 is 1.24. The first-order valence-electron chi connectivity index (χ1n) is 13.5. The molecule has 1 saturated heterocycles. The fourth-order valence-electron chi connectivity index (χ4n) is 4.37. The van der Waals surface area contributed by atoms with Gasteiger partial charge in [-0.25, -0.2) is 4.79 Å². The van der Waals surface area contributed by atoms with Gasteiger partial charge in [-0.15, -0.1) is 13.2 Å². The van der Waals surface area contributed by atoms with Crippen molar-refractivity contribution in [1.29, 1.82) is 0 Å². The van der Waals surface area contributed by atoms with Crippen molar-refractivity contribution >= 4 is 46.0 Å². The lowest BCUT2D eigenvalue weighted by atomic mass is 9.99. The molecule has 8 nitrogen and oxygen atoms in total. The lowest BCUT2D eigenvalue weighted by Gasteiger charge is -2.22. The zero-order valence-electron chi connectivity index (χ0n) is 23.8. The number of ether oxygens (including phenoxy) is 1. The van der Waals surface area contributed by atoms with Gasteiger partial charge in [0.05, 0.1) is 18.0 Å². The first-order valence-corrected chi connectivity index (χ1v) is 14.5. The molecule has 0 atom stereocenters. The maximum Gasteiger partial charge on any atom is 0.573 e. The van der Waals surface area contributed by atoms with Crippen molar-refractivity contribution in [2.75, 3.05) is 29.1 Å². The maximum atomic E-state index is 12.7. The number of benzene rings is 3. The van der Waals surface area contributed by atoms with Gasteiger partial charge in [0.25, 0.3) is 0 Å². The van der Waals surface area contributed by atoms with E-state index in [0.29, 0.717) is 23.8 Å². The van der Waals surface area contributed by atoms with E-state index in [9.17, 15) is 27.6 Å². The Morgan fingerprint density at radius 2 is 1.74 bits per heavy atom. The number of urea groups is 1. The number of ketones is 1. The van der Waals surface area contributed by atoms with Gasteiger partial charge < -0.3 is 15.4 Å². The number of alkyl halides is 3. The molecule has 2 N–H and O–H groups in total. The van der Waals surface area contributed by atoms with E-state index in [1.807, 2.05) is 37.3 Å². The summed E-state index contributed by atoms with van der Waals surface area (Å²) in [6.07, 6.45) is -4.26. The lowest BCUT2D eigenvalue weighted by Crippen LogP contribution is -2.32. The van der Waals surface area contributed by atoms with Crippen molar-refractivity contribution in [3.8, 4) is 5.75 Å². The van der Waals surface area contributed by atoms with Gasteiger partial charge >= 0.3 is 12.4 Å². The second-order valence-electron chi connectivity index (χ2n) is 10.2. The Balaban J connectivity index is 1.27. The monoisotopic (exact) mass is 612 g/mol. The summed E-state index contributed by atoms with van der Waals surface area (Å²) in [7, 11) is 0. The zero-order valence-corrected chi connectivity index (χ0v) is 24.6. The minimum absolute atomic E-state index is 0.0477. The van der Waals surface area contributed by atoms with Crippen LogP contribution in [0.15, 0.2) is 71.7 Å². The summed E-state index contributed by atoms with van der Waals surface area (Å²) in [5.41, 5.74) is 4.64. The lowest BCUT2D eigenvalue weighted by molar-refractivity contribution is -0.274. The molecule has 226 valence electrons. The van der Waals surface area contributed by atoms with Crippen LogP contribution >= 0.6 is 11.8 Å². The van der Waals surface area contributed by atoms with Gasteiger partial charge in [-0.1, -0.05) is 49.9 Å². The number of aliphatic imine (C=N–C) groups is 1. The predicted molar refractivity (Wildman–Crippen MR) is 162 cm³/mol. The van der Waals surface area contributed by atoms with Crippen molar-refractivity contribution in [2.45, 2.75) is 39.5 Å². The third kappa shape index (κ3) is 8.84. The second kappa shape index (κ2) is 13.8. The SMILES string of the molecule is Cc1ccc(C(C)C)c(N2C(=O)CSC2=NC(=O)NCCc2ccc(NCC(=O)c3ccc(OC(F)(F)F)cc3)cc2)c1. The van der Waals surface area contributed by atoms with Crippen LogP contribution in [0.3, 0.4) is 0 Å². The third-order valence-corrected chi connectivity index (χ3v) is 7.44. The molecule has 0 spiro atoms. The van der Waals surface area contributed by atoms with Crippen molar-refractivity contribution < 1.29 is 32.3 Å². The van der Waals surface area contributed by atoms with Gasteiger partial charge in [0.15, 0.2) is 11.0 Å². The molecule has 0 bridgehead atoms. The summed E-state index contributed by atoms with van der Waals surface area (Å²) in [5, 5.41) is 6.12. The zero-order chi connectivity index (χ0) is 31.1. The van der Waals surface area contributed by atoms with Crippen LogP contribution in [-0.2, 0) is 11.2 Å². The van der Waals surface area contributed by atoms with Crippen LogP contribution in [-0.4, -0.2) is 48.1 Å². The van der Waals surface area contributed by atoms with Gasteiger partial charge in [0.1, 0.15) is 5.75 Å². The van der Waals surface area contributed by atoms with Crippen molar-refractivity contribution in [3.05, 3.63) is 89.0 Å². The fourth-order valence-corrected chi connectivity index (χ4v) is 5.23. The van der Waals surface area contributed by atoms with E-state index >= 15 is 0 Å². The summed E-state index contributed by atoms with van der Waals surface area (Å²) < 4.78 is 40.7. The Morgan fingerprint density at radius 1 is 1.05 bits per heavy atom. The number of amides is 3. The van der Waals surface area contributed by atoms with Crippen LogP contribution in [0.1, 0.15) is 46.8 Å². The van der Waals surface area contributed by atoms with Crippen LogP contribution < -0.4 is 20.3 Å². The van der Waals surface area contributed by atoms with Crippen LogP contribution in [0, 0.1) is 6.92 Å². The van der Waals surface area contributed by atoms with Crippen LogP contribution in [0.5, 0.6) is 5.75 Å². The number of amidine groups is 1. The van der Waals surface area contributed by atoms with Crippen LogP contribution in [0.2, 0.25) is 0 Å². The largest absolute Gasteiger partial charge is 0.573 e. The quantitative estimate of drug-likeness (QED) is 0.247. The number of hydrogen-bond acceptors (Lipinski definition) is 6.